The van der Waals surface area contributed by atoms with Crippen molar-refractivity contribution in [3.63, 3.8) is 0 Å². The first-order valence-corrected chi connectivity index (χ1v) is 22.4. The van der Waals surface area contributed by atoms with Gasteiger partial charge in [0.2, 0.25) is 0 Å². The van der Waals surface area contributed by atoms with Gasteiger partial charge in [-0.15, -0.1) is 0 Å². The zero-order valence-electron chi connectivity index (χ0n) is 36.3. The van der Waals surface area contributed by atoms with Crippen LogP contribution in [0.2, 0.25) is 0 Å². The molecule has 12 rings (SSSR count). The van der Waals surface area contributed by atoms with E-state index in [4.69, 9.17) is 24.9 Å². The van der Waals surface area contributed by atoms with Gasteiger partial charge >= 0.3 is 0 Å². The van der Waals surface area contributed by atoms with Crippen LogP contribution >= 0.6 is 0 Å². The molecule has 6 nitrogen and oxygen atoms in total. The molecule has 0 fully saturated rings. The van der Waals surface area contributed by atoms with Crippen molar-refractivity contribution < 1.29 is 0 Å². The summed E-state index contributed by atoms with van der Waals surface area (Å²) in [5, 5.41) is 4.73. The van der Waals surface area contributed by atoms with Crippen LogP contribution in [0.5, 0.6) is 0 Å². The fourth-order valence-electron chi connectivity index (χ4n) is 9.27. The van der Waals surface area contributed by atoms with E-state index in [0.29, 0.717) is 23.3 Å². The van der Waals surface area contributed by atoms with E-state index in [9.17, 15) is 0 Å². The van der Waals surface area contributed by atoms with Gasteiger partial charge in [0.25, 0.3) is 0 Å². The zero-order valence-corrected chi connectivity index (χ0v) is 36.3. The predicted octanol–water partition coefficient (Wildman–Crippen LogP) is 15.2. The van der Waals surface area contributed by atoms with E-state index in [1.165, 1.54) is 16.2 Å². The van der Waals surface area contributed by atoms with Crippen LogP contribution < -0.4 is 0 Å². The van der Waals surface area contributed by atoms with Crippen LogP contribution in [-0.2, 0) is 0 Å². The molecule has 0 saturated heterocycles. The Labute approximate surface area is 387 Å². The Kier molecular flexibility index (Phi) is 9.88. The maximum Gasteiger partial charge on any atom is 0.164 e. The van der Waals surface area contributed by atoms with Crippen LogP contribution in [0.15, 0.2) is 231 Å². The number of rotatable bonds is 9. The molecule has 0 bridgehead atoms. The average molecular weight is 857 g/mol. The summed E-state index contributed by atoms with van der Waals surface area (Å²) in [7, 11) is 0. The van der Waals surface area contributed by atoms with Gasteiger partial charge in [0.05, 0.1) is 28.1 Å². The van der Waals surface area contributed by atoms with Crippen molar-refractivity contribution in [2.45, 2.75) is 0 Å². The summed E-state index contributed by atoms with van der Waals surface area (Å²) >= 11 is 0. The molecule has 0 saturated carbocycles. The fraction of sp³-hybridized carbons (Fsp3) is 0. The number of hydrogen-bond acceptors (Lipinski definition) is 5. The molecule has 314 valence electrons. The molecule has 3 heterocycles. The molecule has 0 radical (unpaired) electrons. The average Bonchev–Trinajstić information content (AvgIpc) is 3.75. The number of nitrogens with zero attached hydrogens (tertiary/aromatic N) is 6. The molecule has 67 heavy (non-hydrogen) atoms. The normalized spacial score (nSPS) is 11.3. The molecule has 0 aliphatic heterocycles. The van der Waals surface area contributed by atoms with E-state index in [1.807, 2.05) is 103 Å². The quantitative estimate of drug-likeness (QED) is 0.145. The predicted molar refractivity (Wildman–Crippen MR) is 275 cm³/mol. The second kappa shape index (κ2) is 16.8. The molecule has 0 amide bonds. The third kappa shape index (κ3) is 7.14. The summed E-state index contributed by atoms with van der Waals surface area (Å²) in [6, 6.07) is 77.7. The third-order valence-corrected chi connectivity index (χ3v) is 12.4. The Morgan fingerprint density at radius 3 is 1.49 bits per heavy atom. The first kappa shape index (κ1) is 39.5. The minimum absolute atomic E-state index is 0.544. The lowest BCUT2D eigenvalue weighted by atomic mass is 9.96. The minimum atomic E-state index is 0.544. The van der Waals surface area contributed by atoms with Crippen molar-refractivity contribution in [2.24, 2.45) is 0 Å². The van der Waals surface area contributed by atoms with Gasteiger partial charge in [-0.3, -0.25) is 0 Å². The summed E-state index contributed by atoms with van der Waals surface area (Å²) in [4.78, 5) is 26.2. The van der Waals surface area contributed by atoms with Crippen molar-refractivity contribution in [2.75, 3.05) is 0 Å². The summed E-state index contributed by atoms with van der Waals surface area (Å²) in [6.45, 7) is 4.42. The van der Waals surface area contributed by atoms with E-state index in [1.54, 1.807) is 0 Å². The maximum atomic E-state index is 5.51. The summed E-state index contributed by atoms with van der Waals surface area (Å²) < 4.78 is 2.38. The Hall–Kier alpha value is -9.13. The van der Waals surface area contributed by atoms with E-state index in [2.05, 4.69) is 139 Å². The lowest BCUT2D eigenvalue weighted by molar-refractivity contribution is 1.07. The third-order valence-electron chi connectivity index (χ3n) is 12.4. The lowest BCUT2D eigenvalue weighted by Gasteiger charge is -2.19. The van der Waals surface area contributed by atoms with E-state index >= 15 is 0 Å². The molecule has 12 aromatic rings. The van der Waals surface area contributed by atoms with Gasteiger partial charge in [-0.25, -0.2) is 24.9 Å². The zero-order chi connectivity index (χ0) is 44.7. The van der Waals surface area contributed by atoms with E-state index in [-0.39, 0.29) is 0 Å². The SMILES string of the molecule is C=Cc1c(-c2ccccc2)nc(-c2ccccc2)nc1-c1cc(-c2nc(-c3ccccc3)nc(-c3ccccc3)n2)ccc1-n1c2ccccc2c2c(-c3ccc4ccccc4c3)cccc21. The first-order chi connectivity index (χ1) is 33.2. The molecular weight excluding hydrogens is 817 g/mol. The van der Waals surface area contributed by atoms with E-state index in [0.717, 1.165) is 83.6 Å². The van der Waals surface area contributed by atoms with Crippen molar-refractivity contribution in [1.82, 2.24) is 29.5 Å². The van der Waals surface area contributed by atoms with Crippen LogP contribution in [-0.4, -0.2) is 29.5 Å². The maximum absolute atomic E-state index is 5.51. The summed E-state index contributed by atoms with van der Waals surface area (Å²) in [6.07, 6.45) is 1.89. The molecule has 3 aromatic heterocycles. The van der Waals surface area contributed by atoms with Crippen LogP contribution in [0.1, 0.15) is 5.56 Å². The van der Waals surface area contributed by atoms with Crippen molar-refractivity contribution in [1.29, 1.82) is 0 Å². The first-order valence-electron chi connectivity index (χ1n) is 22.4. The highest BCUT2D eigenvalue weighted by atomic mass is 15.0. The van der Waals surface area contributed by atoms with Gasteiger partial charge in [0.1, 0.15) is 0 Å². The van der Waals surface area contributed by atoms with Gasteiger partial charge in [-0.05, 0) is 58.3 Å². The van der Waals surface area contributed by atoms with Gasteiger partial charge in [0, 0.05) is 49.7 Å². The monoisotopic (exact) mass is 856 g/mol. The van der Waals surface area contributed by atoms with Crippen LogP contribution in [0, 0.1) is 0 Å². The molecule has 9 aromatic carbocycles. The highest BCUT2D eigenvalue weighted by Crippen LogP contribution is 2.44. The van der Waals surface area contributed by atoms with Gasteiger partial charge in [0.15, 0.2) is 23.3 Å². The number of fused-ring (bicyclic) bond motifs is 4. The summed E-state index contributed by atoms with van der Waals surface area (Å²) in [5.74, 6) is 2.33. The smallest absolute Gasteiger partial charge is 0.164 e. The van der Waals surface area contributed by atoms with Crippen molar-refractivity contribution >= 4 is 38.7 Å². The van der Waals surface area contributed by atoms with Crippen LogP contribution in [0.3, 0.4) is 0 Å². The number of aromatic nitrogens is 6. The van der Waals surface area contributed by atoms with Crippen molar-refractivity contribution in [3.8, 4) is 84.9 Å². The Morgan fingerprint density at radius 1 is 0.343 bits per heavy atom. The fourth-order valence-corrected chi connectivity index (χ4v) is 9.27. The number of para-hydroxylation sites is 1. The molecule has 0 N–H and O–H groups in total. The van der Waals surface area contributed by atoms with E-state index < -0.39 is 0 Å². The Balaban J connectivity index is 1.17. The molecule has 0 aliphatic rings. The molecule has 0 atom stereocenters. The second-order valence-electron chi connectivity index (χ2n) is 16.5. The van der Waals surface area contributed by atoms with Crippen LogP contribution in [0.25, 0.3) is 124 Å². The lowest BCUT2D eigenvalue weighted by Crippen LogP contribution is -2.05. The minimum Gasteiger partial charge on any atom is -0.309 e. The highest BCUT2D eigenvalue weighted by Gasteiger charge is 2.24. The topological polar surface area (TPSA) is 69.4 Å². The Morgan fingerprint density at radius 2 is 0.851 bits per heavy atom. The van der Waals surface area contributed by atoms with Crippen molar-refractivity contribution in [3.05, 3.63) is 237 Å². The van der Waals surface area contributed by atoms with Crippen LogP contribution in [0.4, 0.5) is 0 Å². The molecular formula is C61H40N6. The standard InChI is InChI=1S/C61H40N6/c1-2-48-56(41-21-7-3-8-22-41)62-58(42-23-9-4-10-24-42)63-57(48)51-39-47(61-65-59(43-25-11-5-12-26-43)64-60(66-61)44-27-13-6-14-28-44)36-37-53(51)67-52-32-18-17-30-50(52)55-49(31-19-33-54(55)67)46-35-34-40-20-15-16-29-45(40)38-46/h2-39H,1H2. The second-order valence-corrected chi connectivity index (χ2v) is 16.5. The van der Waals surface area contributed by atoms with Gasteiger partial charge < -0.3 is 4.57 Å². The molecule has 0 aliphatic carbocycles. The van der Waals surface area contributed by atoms with Gasteiger partial charge in [-0.2, -0.15) is 0 Å². The molecule has 0 unspecified atom stereocenters. The van der Waals surface area contributed by atoms with Gasteiger partial charge in [-0.1, -0.05) is 201 Å². The molecule has 6 heteroatoms. The molecule has 0 spiro atoms. The largest absolute Gasteiger partial charge is 0.309 e. The highest BCUT2D eigenvalue weighted by molar-refractivity contribution is 6.16. The number of hydrogen-bond donors (Lipinski definition) is 0. The summed E-state index contributed by atoms with van der Waals surface area (Å²) in [5.41, 5.74) is 13.1. The number of benzene rings is 9. The Bertz CT molecular complexity index is 3750.